The summed E-state index contributed by atoms with van der Waals surface area (Å²) in [7, 11) is 1.73. The van der Waals surface area contributed by atoms with Crippen molar-refractivity contribution >= 4 is 0 Å². The van der Waals surface area contributed by atoms with Crippen LogP contribution in [0.3, 0.4) is 0 Å². The smallest absolute Gasteiger partial charge is 0.0991 e. The van der Waals surface area contributed by atoms with E-state index in [4.69, 9.17) is 4.74 Å². The van der Waals surface area contributed by atoms with Gasteiger partial charge in [0.1, 0.15) is 0 Å². The Kier molecular flexibility index (Phi) is 5.12. The molecule has 4 heteroatoms. The molecule has 1 aromatic carbocycles. The van der Waals surface area contributed by atoms with Crippen LogP contribution in [-0.4, -0.2) is 29.8 Å². The van der Waals surface area contributed by atoms with E-state index in [2.05, 4.69) is 41.5 Å². The monoisotopic (exact) mass is 259 g/mol. The van der Waals surface area contributed by atoms with Crippen molar-refractivity contribution in [1.82, 2.24) is 14.9 Å². The third-order valence-electron chi connectivity index (χ3n) is 3.17. The summed E-state index contributed by atoms with van der Waals surface area (Å²) < 4.78 is 7.04. The molecular weight excluding hydrogens is 238 g/mol. The van der Waals surface area contributed by atoms with Crippen LogP contribution in [0.2, 0.25) is 0 Å². The maximum Gasteiger partial charge on any atom is 0.0991 e. The van der Waals surface area contributed by atoms with Crippen LogP contribution in [0.5, 0.6) is 0 Å². The molecule has 1 atom stereocenters. The second-order valence-electron chi connectivity index (χ2n) is 4.58. The Hall–Kier alpha value is -1.65. The summed E-state index contributed by atoms with van der Waals surface area (Å²) in [5.41, 5.74) is 2.43. The van der Waals surface area contributed by atoms with Gasteiger partial charge in [0.05, 0.1) is 6.33 Å². The lowest BCUT2D eigenvalue weighted by Crippen LogP contribution is -2.20. The Bertz CT molecular complexity index is 465. The second kappa shape index (κ2) is 7.07. The minimum atomic E-state index is 0.355. The number of benzene rings is 1. The van der Waals surface area contributed by atoms with Gasteiger partial charge in [0.2, 0.25) is 0 Å². The Morgan fingerprint density at radius 3 is 2.74 bits per heavy atom. The quantitative estimate of drug-likeness (QED) is 0.777. The molecule has 102 valence electrons. The zero-order valence-electron chi connectivity index (χ0n) is 11.5. The first-order valence-corrected chi connectivity index (χ1v) is 6.62. The molecule has 0 fully saturated rings. The fraction of sp³-hybridized carbons (Fsp3) is 0.400. The number of aromatic nitrogens is 2. The highest BCUT2D eigenvalue weighted by atomic mass is 16.5. The van der Waals surface area contributed by atoms with Crippen molar-refractivity contribution in [1.29, 1.82) is 0 Å². The highest BCUT2D eigenvalue weighted by molar-refractivity contribution is 5.35. The van der Waals surface area contributed by atoms with Crippen molar-refractivity contribution in [2.24, 2.45) is 0 Å². The summed E-state index contributed by atoms with van der Waals surface area (Å²) in [6.07, 6.45) is 6.57. The highest BCUT2D eigenvalue weighted by Crippen LogP contribution is 2.15. The average molecular weight is 259 g/mol. The fourth-order valence-corrected chi connectivity index (χ4v) is 2.00. The van der Waals surface area contributed by atoms with Crippen LogP contribution in [0.1, 0.15) is 24.9 Å². The topological polar surface area (TPSA) is 39.1 Å². The molecule has 0 amide bonds. The zero-order chi connectivity index (χ0) is 13.5. The van der Waals surface area contributed by atoms with Crippen LogP contribution in [0.25, 0.3) is 5.69 Å². The van der Waals surface area contributed by atoms with Crippen molar-refractivity contribution in [2.45, 2.75) is 19.4 Å². The maximum absolute atomic E-state index is 5.04. The van der Waals surface area contributed by atoms with Crippen LogP contribution < -0.4 is 5.32 Å². The molecule has 0 spiro atoms. The Balaban J connectivity index is 1.90. The number of nitrogens with zero attached hydrogens (tertiary/aromatic N) is 2. The molecule has 19 heavy (non-hydrogen) atoms. The third kappa shape index (κ3) is 3.91. The molecule has 0 aliphatic carbocycles. The minimum Gasteiger partial charge on any atom is -0.385 e. The molecule has 2 aromatic rings. The van der Waals surface area contributed by atoms with Gasteiger partial charge in [-0.05, 0) is 37.6 Å². The van der Waals surface area contributed by atoms with Gasteiger partial charge in [-0.3, -0.25) is 0 Å². The zero-order valence-corrected chi connectivity index (χ0v) is 11.5. The lowest BCUT2D eigenvalue weighted by molar-refractivity contribution is 0.193. The second-order valence-corrected chi connectivity index (χ2v) is 4.58. The predicted molar refractivity (Wildman–Crippen MR) is 76.5 cm³/mol. The predicted octanol–water partition coefficient (Wildman–Crippen LogP) is 2.56. The van der Waals surface area contributed by atoms with Crippen molar-refractivity contribution in [3.8, 4) is 5.69 Å². The van der Waals surface area contributed by atoms with E-state index in [1.54, 1.807) is 19.6 Å². The molecule has 0 bridgehead atoms. The summed E-state index contributed by atoms with van der Waals surface area (Å²) in [5.74, 6) is 0. The molecule has 0 saturated carbocycles. The molecule has 0 saturated heterocycles. The van der Waals surface area contributed by atoms with Gasteiger partial charge in [0.25, 0.3) is 0 Å². The normalized spacial score (nSPS) is 12.5. The van der Waals surface area contributed by atoms with Crippen LogP contribution in [-0.2, 0) is 4.74 Å². The van der Waals surface area contributed by atoms with E-state index < -0.39 is 0 Å². The summed E-state index contributed by atoms with van der Waals surface area (Å²) in [5, 5.41) is 3.49. The molecule has 1 heterocycles. The standard InChI is InChI=1S/C15H21N3O/c1-13(17-8-3-11-19-2)14-4-6-15(7-5-14)18-10-9-16-12-18/h4-7,9-10,12-13,17H,3,8,11H2,1-2H3. The van der Waals surface area contributed by atoms with Gasteiger partial charge in [-0.1, -0.05) is 12.1 Å². The van der Waals surface area contributed by atoms with Gasteiger partial charge in [0, 0.05) is 37.8 Å². The van der Waals surface area contributed by atoms with Gasteiger partial charge < -0.3 is 14.6 Å². The van der Waals surface area contributed by atoms with E-state index in [9.17, 15) is 0 Å². The van der Waals surface area contributed by atoms with E-state index in [1.165, 1.54) is 5.56 Å². The van der Waals surface area contributed by atoms with Crippen molar-refractivity contribution < 1.29 is 4.74 Å². The van der Waals surface area contributed by atoms with Gasteiger partial charge in [-0.25, -0.2) is 4.98 Å². The van der Waals surface area contributed by atoms with Crippen molar-refractivity contribution in [3.63, 3.8) is 0 Å². The largest absolute Gasteiger partial charge is 0.385 e. The minimum absolute atomic E-state index is 0.355. The first-order valence-electron chi connectivity index (χ1n) is 6.62. The number of rotatable bonds is 7. The van der Waals surface area contributed by atoms with E-state index >= 15 is 0 Å². The molecule has 0 radical (unpaired) electrons. The van der Waals surface area contributed by atoms with Gasteiger partial charge in [0.15, 0.2) is 0 Å². The molecule has 1 aromatic heterocycles. The molecule has 1 N–H and O–H groups in total. The maximum atomic E-state index is 5.04. The SMILES string of the molecule is COCCCNC(C)c1ccc(-n2ccnc2)cc1. The fourth-order valence-electron chi connectivity index (χ4n) is 2.00. The highest BCUT2D eigenvalue weighted by Gasteiger charge is 2.04. The van der Waals surface area contributed by atoms with Crippen LogP contribution >= 0.6 is 0 Å². The van der Waals surface area contributed by atoms with Crippen LogP contribution in [0.4, 0.5) is 0 Å². The summed E-state index contributed by atoms with van der Waals surface area (Å²) in [6, 6.07) is 8.90. The van der Waals surface area contributed by atoms with Crippen molar-refractivity contribution in [3.05, 3.63) is 48.5 Å². The summed E-state index contributed by atoms with van der Waals surface area (Å²) in [4.78, 5) is 4.05. The lowest BCUT2D eigenvalue weighted by atomic mass is 10.1. The van der Waals surface area contributed by atoms with E-state index in [0.29, 0.717) is 6.04 Å². The number of ether oxygens (including phenoxy) is 1. The average Bonchev–Trinajstić information content (AvgIpc) is 2.98. The third-order valence-corrected chi connectivity index (χ3v) is 3.17. The molecule has 0 aliphatic rings. The Morgan fingerprint density at radius 1 is 1.32 bits per heavy atom. The van der Waals surface area contributed by atoms with E-state index in [0.717, 1.165) is 25.3 Å². The molecule has 4 nitrogen and oxygen atoms in total. The lowest BCUT2D eigenvalue weighted by Gasteiger charge is -2.14. The van der Waals surface area contributed by atoms with E-state index in [-0.39, 0.29) is 0 Å². The number of imidazole rings is 1. The van der Waals surface area contributed by atoms with Gasteiger partial charge in [-0.15, -0.1) is 0 Å². The van der Waals surface area contributed by atoms with Gasteiger partial charge >= 0.3 is 0 Å². The Morgan fingerprint density at radius 2 is 2.11 bits per heavy atom. The number of hydrogen-bond donors (Lipinski definition) is 1. The Labute approximate surface area is 114 Å². The molecule has 2 rings (SSSR count). The van der Waals surface area contributed by atoms with Gasteiger partial charge in [-0.2, -0.15) is 0 Å². The van der Waals surface area contributed by atoms with Crippen LogP contribution in [0.15, 0.2) is 43.0 Å². The van der Waals surface area contributed by atoms with Crippen molar-refractivity contribution in [2.75, 3.05) is 20.3 Å². The molecule has 0 aliphatic heterocycles. The number of nitrogens with one attached hydrogen (secondary N) is 1. The van der Waals surface area contributed by atoms with E-state index in [1.807, 2.05) is 10.8 Å². The van der Waals surface area contributed by atoms with Crippen LogP contribution in [0, 0.1) is 0 Å². The first-order chi connectivity index (χ1) is 9.31. The summed E-state index contributed by atoms with van der Waals surface area (Å²) >= 11 is 0. The summed E-state index contributed by atoms with van der Waals surface area (Å²) in [6.45, 7) is 3.95. The number of methoxy groups -OCH3 is 1. The number of hydrogen-bond acceptors (Lipinski definition) is 3. The molecular formula is C15H21N3O. The molecule has 1 unspecified atom stereocenters. The first kappa shape index (κ1) is 13.8.